The fourth-order valence-corrected chi connectivity index (χ4v) is 4.97. The third kappa shape index (κ3) is 3.85. The Morgan fingerprint density at radius 2 is 1.91 bits per heavy atom. The van der Waals surface area contributed by atoms with E-state index in [1.165, 1.54) is 0 Å². The fraction of sp³-hybridized carbons (Fsp3) is 0.385. The maximum Gasteiger partial charge on any atom is 0.256 e. The third-order valence-corrected chi connectivity index (χ3v) is 6.64. The Hall–Kier alpha value is -3.28. The van der Waals surface area contributed by atoms with E-state index >= 15 is 0 Å². The van der Waals surface area contributed by atoms with Crippen LogP contribution in [0.1, 0.15) is 46.4 Å². The minimum atomic E-state index is -0.0416. The summed E-state index contributed by atoms with van der Waals surface area (Å²) in [4.78, 5) is 29.5. The van der Waals surface area contributed by atoms with Crippen molar-refractivity contribution >= 4 is 5.91 Å². The third-order valence-electron chi connectivity index (χ3n) is 6.64. The highest BCUT2D eigenvalue weighted by Crippen LogP contribution is 2.38. The van der Waals surface area contributed by atoms with Crippen LogP contribution in [0.3, 0.4) is 0 Å². The van der Waals surface area contributed by atoms with Crippen molar-refractivity contribution in [3.05, 3.63) is 71.2 Å². The molecule has 5 heterocycles. The van der Waals surface area contributed by atoms with Gasteiger partial charge < -0.3 is 9.64 Å². The maximum atomic E-state index is 13.8. The summed E-state index contributed by atoms with van der Waals surface area (Å²) in [6.45, 7) is 6.72. The van der Waals surface area contributed by atoms with Gasteiger partial charge in [0, 0.05) is 30.7 Å². The number of piperidine rings is 2. The summed E-state index contributed by atoms with van der Waals surface area (Å²) in [5.74, 6) is 1.08. The fourth-order valence-electron chi connectivity index (χ4n) is 4.97. The first-order chi connectivity index (χ1) is 15.5. The van der Waals surface area contributed by atoms with E-state index in [2.05, 4.69) is 9.97 Å². The van der Waals surface area contributed by atoms with Gasteiger partial charge in [0.2, 0.25) is 5.88 Å². The van der Waals surface area contributed by atoms with Crippen molar-refractivity contribution in [3.63, 3.8) is 0 Å². The average molecular weight is 429 g/mol. The van der Waals surface area contributed by atoms with Gasteiger partial charge in [0.25, 0.3) is 5.91 Å². The summed E-state index contributed by atoms with van der Waals surface area (Å²) in [5.41, 5.74) is 5.01. The lowest BCUT2D eigenvalue weighted by atomic mass is 9.77. The molecule has 2 saturated heterocycles. The van der Waals surface area contributed by atoms with Gasteiger partial charge in [0.1, 0.15) is 11.8 Å². The lowest BCUT2D eigenvalue weighted by Gasteiger charge is -2.49. The van der Waals surface area contributed by atoms with Crippen molar-refractivity contribution < 1.29 is 9.53 Å². The van der Waals surface area contributed by atoms with E-state index in [1.54, 1.807) is 6.20 Å². The molecule has 0 radical (unpaired) electrons. The van der Waals surface area contributed by atoms with Crippen LogP contribution in [0, 0.1) is 26.7 Å². The number of carbonyl (C=O) groups excluding carboxylic acids is 1. The largest absolute Gasteiger partial charge is 0.472 e. The first-order valence-electron chi connectivity index (χ1n) is 11.3. The van der Waals surface area contributed by atoms with Crippen LogP contribution in [0.5, 0.6) is 5.88 Å². The topological polar surface area (TPSA) is 68.2 Å². The van der Waals surface area contributed by atoms with Crippen LogP contribution in [0.15, 0.2) is 48.8 Å². The molecule has 6 heteroatoms. The highest BCUT2D eigenvalue weighted by atomic mass is 16.5. The molecular weight excluding hydrogens is 400 g/mol. The van der Waals surface area contributed by atoms with Crippen molar-refractivity contribution in [1.82, 2.24) is 19.9 Å². The molecule has 2 aliphatic heterocycles. The van der Waals surface area contributed by atoms with Crippen molar-refractivity contribution in [2.45, 2.75) is 52.2 Å². The quantitative estimate of drug-likeness (QED) is 0.610. The number of aryl methyl sites for hydroxylation is 3. The van der Waals surface area contributed by atoms with Crippen LogP contribution >= 0.6 is 0 Å². The van der Waals surface area contributed by atoms with Crippen molar-refractivity contribution in [3.8, 4) is 17.3 Å². The van der Waals surface area contributed by atoms with E-state index in [0.29, 0.717) is 23.1 Å². The number of ether oxygens (including phenoxy) is 1. The second kappa shape index (κ2) is 8.34. The SMILES string of the molecule is Cc1ccc(OC2CC3CCC2N(C(=O)c2ccc(C)nc2-c2ncccc2C)C3)nc1. The molecule has 1 aliphatic carbocycles. The van der Waals surface area contributed by atoms with E-state index < -0.39 is 0 Å². The molecule has 0 aromatic carbocycles. The Labute approximate surface area is 188 Å². The van der Waals surface area contributed by atoms with E-state index in [9.17, 15) is 4.79 Å². The summed E-state index contributed by atoms with van der Waals surface area (Å²) < 4.78 is 6.28. The number of aromatic nitrogens is 3. The van der Waals surface area contributed by atoms with Gasteiger partial charge >= 0.3 is 0 Å². The molecule has 3 aromatic heterocycles. The van der Waals surface area contributed by atoms with Crippen LogP contribution in [0.25, 0.3) is 11.4 Å². The molecule has 164 valence electrons. The molecule has 0 spiro atoms. The van der Waals surface area contributed by atoms with Crippen molar-refractivity contribution in [2.24, 2.45) is 5.92 Å². The van der Waals surface area contributed by atoms with Gasteiger partial charge in [-0.25, -0.2) is 4.98 Å². The van der Waals surface area contributed by atoms with E-state index in [-0.39, 0.29) is 18.1 Å². The van der Waals surface area contributed by atoms with Crippen LogP contribution in [-0.4, -0.2) is 44.4 Å². The van der Waals surface area contributed by atoms with E-state index in [0.717, 1.165) is 48.3 Å². The maximum absolute atomic E-state index is 13.8. The van der Waals surface area contributed by atoms with Gasteiger partial charge in [-0.3, -0.25) is 14.8 Å². The summed E-state index contributed by atoms with van der Waals surface area (Å²) in [6.07, 6.45) is 6.57. The lowest BCUT2D eigenvalue weighted by Crippen LogP contribution is -2.59. The van der Waals surface area contributed by atoms with Crippen LogP contribution in [0.2, 0.25) is 0 Å². The Kier molecular flexibility index (Phi) is 5.37. The second-order valence-corrected chi connectivity index (χ2v) is 9.05. The van der Waals surface area contributed by atoms with Gasteiger partial charge in [-0.05, 0) is 75.3 Å². The molecule has 1 amide bonds. The van der Waals surface area contributed by atoms with Crippen LogP contribution in [0.4, 0.5) is 0 Å². The minimum Gasteiger partial charge on any atom is -0.472 e. The summed E-state index contributed by atoms with van der Waals surface area (Å²) in [7, 11) is 0. The van der Waals surface area contributed by atoms with Gasteiger partial charge in [0.05, 0.1) is 17.3 Å². The summed E-state index contributed by atoms with van der Waals surface area (Å²) >= 11 is 0. The predicted octanol–water partition coefficient (Wildman–Crippen LogP) is 4.54. The highest BCUT2D eigenvalue weighted by Gasteiger charge is 2.45. The normalized spacial score (nSPS) is 22.1. The molecule has 3 fully saturated rings. The zero-order valence-electron chi connectivity index (χ0n) is 18.8. The smallest absolute Gasteiger partial charge is 0.256 e. The Morgan fingerprint density at radius 1 is 1.03 bits per heavy atom. The van der Waals surface area contributed by atoms with E-state index in [1.807, 2.05) is 68.3 Å². The zero-order valence-corrected chi connectivity index (χ0v) is 18.8. The lowest BCUT2D eigenvalue weighted by molar-refractivity contribution is -0.0313. The number of amides is 1. The Balaban J connectivity index is 1.46. The first-order valence-corrected chi connectivity index (χ1v) is 11.3. The van der Waals surface area contributed by atoms with Crippen molar-refractivity contribution in [1.29, 1.82) is 0 Å². The predicted molar refractivity (Wildman–Crippen MR) is 122 cm³/mol. The van der Waals surface area contributed by atoms with Gasteiger partial charge in [-0.15, -0.1) is 0 Å². The molecular formula is C26H28N4O2. The Bertz CT molecular complexity index is 1140. The summed E-state index contributed by atoms with van der Waals surface area (Å²) in [5, 5.41) is 0. The molecule has 6 nitrogen and oxygen atoms in total. The first kappa shape index (κ1) is 20.6. The number of pyridine rings is 3. The minimum absolute atomic E-state index is 0.0115. The molecule has 32 heavy (non-hydrogen) atoms. The highest BCUT2D eigenvalue weighted by molar-refractivity contribution is 6.00. The Morgan fingerprint density at radius 3 is 2.66 bits per heavy atom. The number of nitrogens with zero attached hydrogens (tertiary/aromatic N) is 4. The average Bonchev–Trinajstić information content (AvgIpc) is 2.81. The molecule has 3 aliphatic rings. The molecule has 0 N–H and O–H groups in total. The molecule has 1 saturated carbocycles. The molecule has 2 bridgehead atoms. The van der Waals surface area contributed by atoms with Crippen LogP contribution in [-0.2, 0) is 0 Å². The van der Waals surface area contributed by atoms with Gasteiger partial charge in [-0.1, -0.05) is 12.1 Å². The molecule has 6 rings (SSSR count). The van der Waals surface area contributed by atoms with Crippen molar-refractivity contribution in [2.75, 3.05) is 6.54 Å². The molecule has 3 aromatic rings. The molecule has 3 atom stereocenters. The second-order valence-electron chi connectivity index (χ2n) is 9.05. The number of hydrogen-bond donors (Lipinski definition) is 0. The number of carbonyl (C=O) groups is 1. The zero-order chi connectivity index (χ0) is 22.2. The van der Waals surface area contributed by atoms with E-state index in [4.69, 9.17) is 9.72 Å². The molecule has 3 unspecified atom stereocenters. The number of hydrogen-bond acceptors (Lipinski definition) is 5. The summed E-state index contributed by atoms with van der Waals surface area (Å²) in [6, 6.07) is 11.7. The van der Waals surface area contributed by atoms with Gasteiger partial charge in [0.15, 0.2) is 0 Å². The van der Waals surface area contributed by atoms with Crippen LogP contribution < -0.4 is 4.74 Å². The monoisotopic (exact) mass is 428 g/mol. The standard InChI is InChI=1S/C26H28N4O2/c1-16-6-11-23(28-14-16)32-22-13-19-8-10-21(22)30(15-19)26(31)20-9-7-18(3)29-25(20)24-17(2)5-4-12-27-24/h4-7,9,11-12,14,19,21-22H,8,10,13,15H2,1-3H3. The van der Waals surface area contributed by atoms with Gasteiger partial charge in [-0.2, -0.15) is 0 Å². The number of fused-ring (bicyclic) bond motifs is 3. The number of rotatable bonds is 4.